The van der Waals surface area contributed by atoms with Gasteiger partial charge >= 0.3 is 5.97 Å². The number of ether oxygens (including phenoxy) is 7. The van der Waals surface area contributed by atoms with E-state index in [9.17, 15) is 9.59 Å². The summed E-state index contributed by atoms with van der Waals surface area (Å²) in [6.07, 6.45) is -1.88. The Morgan fingerprint density at radius 3 is 2.51 bits per heavy atom. The first-order valence-corrected chi connectivity index (χ1v) is 11.1. The van der Waals surface area contributed by atoms with Crippen LogP contribution in [0.2, 0.25) is 0 Å². The van der Waals surface area contributed by atoms with Crippen LogP contribution in [0.5, 0.6) is 0 Å². The summed E-state index contributed by atoms with van der Waals surface area (Å²) < 4.78 is 40.4. The van der Waals surface area contributed by atoms with Crippen molar-refractivity contribution in [1.29, 1.82) is 0 Å². The summed E-state index contributed by atoms with van der Waals surface area (Å²) in [7, 11) is 1.59. The number of aromatic nitrogens is 3. The third-order valence-electron chi connectivity index (χ3n) is 5.34. The first-order valence-electron chi connectivity index (χ1n) is 11.1. The van der Waals surface area contributed by atoms with Gasteiger partial charge in [0.05, 0.1) is 26.4 Å². The number of benzene rings is 1. The second-order valence-corrected chi connectivity index (χ2v) is 7.76. The van der Waals surface area contributed by atoms with E-state index in [-0.39, 0.29) is 25.6 Å². The Balaban J connectivity index is 1.34. The van der Waals surface area contributed by atoms with Crippen LogP contribution < -0.4 is 5.73 Å². The molecule has 190 valence electrons. The van der Waals surface area contributed by atoms with Crippen molar-refractivity contribution in [2.45, 2.75) is 30.8 Å². The lowest BCUT2D eigenvalue weighted by molar-refractivity contribution is -0.170. The molecule has 4 rings (SSSR count). The van der Waals surface area contributed by atoms with Gasteiger partial charge in [-0.05, 0) is 0 Å². The van der Waals surface area contributed by atoms with E-state index in [1.165, 1.54) is 11.0 Å². The quantitative estimate of drug-likeness (QED) is 0.296. The highest BCUT2D eigenvalue weighted by Gasteiger charge is 2.54. The van der Waals surface area contributed by atoms with Gasteiger partial charge in [0.15, 0.2) is 12.5 Å². The lowest BCUT2D eigenvalue weighted by Crippen LogP contribution is -2.33. The van der Waals surface area contributed by atoms with Crippen molar-refractivity contribution in [1.82, 2.24) is 14.8 Å². The molecule has 0 aliphatic carbocycles. The molecule has 13 nitrogen and oxygen atoms in total. The number of methoxy groups -OCH3 is 1. The van der Waals surface area contributed by atoms with Crippen LogP contribution in [0.4, 0.5) is 0 Å². The molecule has 0 spiro atoms. The molecular weight excluding hydrogens is 464 g/mol. The minimum Gasteiger partial charge on any atom is -0.461 e. The Bertz CT molecular complexity index is 973. The smallest absolute Gasteiger partial charge is 0.332 e. The summed E-state index contributed by atoms with van der Waals surface area (Å²) in [4.78, 5) is 27.4. The van der Waals surface area contributed by atoms with Crippen LogP contribution in [0, 0.1) is 0 Å². The topological polar surface area (TPSA) is 155 Å². The number of nitrogens with zero attached hydrogens (tertiary/aromatic N) is 3. The molecule has 3 heterocycles. The normalized spacial score (nSPS) is 25.5. The highest BCUT2D eigenvalue weighted by Crippen LogP contribution is 2.43. The summed E-state index contributed by atoms with van der Waals surface area (Å²) in [5, 5.41) is 4.08. The number of carbonyl (C=O) groups excluding carboxylic acids is 2. The standard InChI is InChI=1S/C22H28N4O9/c1-29-7-8-30-9-10-31-12-16(27)32-11-15-17-18(35-22(34-17)14-5-3-2-4-6-14)21(33-15)26-13-24-20(25-26)19(23)28/h2-6,13,15,17-18,21-22H,7-12H2,1H3,(H2,23,28)/t15?,17?,18-,21?,22?/m1/s1. The molecule has 13 heteroatoms. The third kappa shape index (κ3) is 6.39. The zero-order valence-corrected chi connectivity index (χ0v) is 19.2. The fourth-order valence-corrected chi connectivity index (χ4v) is 3.69. The first kappa shape index (κ1) is 25.2. The molecule has 5 atom stereocenters. The number of carbonyl (C=O) groups is 2. The maximum atomic E-state index is 12.1. The molecule has 1 aromatic carbocycles. The summed E-state index contributed by atoms with van der Waals surface area (Å²) in [6.45, 7) is 1.20. The SMILES string of the molecule is COCCOCCOCC(=O)OCC1OC(n2cnc(C(N)=O)n2)[C@@H]2OC(c3ccccc3)OC12. The van der Waals surface area contributed by atoms with Crippen LogP contribution in [0.15, 0.2) is 36.7 Å². The van der Waals surface area contributed by atoms with Crippen LogP contribution >= 0.6 is 0 Å². The van der Waals surface area contributed by atoms with Gasteiger partial charge in [0.25, 0.3) is 5.91 Å². The first-order chi connectivity index (χ1) is 17.1. The Morgan fingerprint density at radius 2 is 1.77 bits per heavy atom. The van der Waals surface area contributed by atoms with E-state index >= 15 is 0 Å². The van der Waals surface area contributed by atoms with E-state index in [1.807, 2.05) is 30.3 Å². The summed E-state index contributed by atoms with van der Waals surface area (Å²) in [5.74, 6) is -1.47. The van der Waals surface area contributed by atoms with Crippen molar-refractivity contribution in [3.63, 3.8) is 0 Å². The van der Waals surface area contributed by atoms with E-state index in [1.54, 1.807) is 7.11 Å². The molecule has 1 aromatic heterocycles. The molecule has 1 amide bonds. The van der Waals surface area contributed by atoms with E-state index in [4.69, 9.17) is 38.9 Å². The van der Waals surface area contributed by atoms with Gasteiger partial charge in [-0.25, -0.2) is 14.5 Å². The van der Waals surface area contributed by atoms with Gasteiger partial charge in [-0.2, -0.15) is 0 Å². The highest BCUT2D eigenvalue weighted by atomic mass is 16.8. The van der Waals surface area contributed by atoms with Gasteiger partial charge < -0.3 is 38.9 Å². The van der Waals surface area contributed by atoms with Gasteiger partial charge in [-0.3, -0.25) is 4.79 Å². The number of esters is 1. The van der Waals surface area contributed by atoms with E-state index in [0.717, 1.165) is 5.56 Å². The maximum Gasteiger partial charge on any atom is 0.332 e. The van der Waals surface area contributed by atoms with Crippen molar-refractivity contribution < 1.29 is 42.7 Å². The van der Waals surface area contributed by atoms with Gasteiger partial charge in [-0.1, -0.05) is 30.3 Å². The number of hydrogen-bond acceptors (Lipinski definition) is 11. The Labute approximate surface area is 201 Å². The minimum absolute atomic E-state index is 0.0908. The Morgan fingerprint density at radius 1 is 1.03 bits per heavy atom. The van der Waals surface area contributed by atoms with E-state index < -0.39 is 42.7 Å². The molecule has 35 heavy (non-hydrogen) atoms. The van der Waals surface area contributed by atoms with Crippen molar-refractivity contribution in [2.24, 2.45) is 5.73 Å². The number of hydrogen-bond donors (Lipinski definition) is 1. The van der Waals surface area contributed by atoms with Crippen molar-refractivity contribution >= 4 is 11.9 Å². The van der Waals surface area contributed by atoms with Crippen LogP contribution in [0.3, 0.4) is 0 Å². The molecule has 2 aliphatic heterocycles. The molecule has 2 N–H and O–H groups in total. The average Bonchev–Trinajstić information content (AvgIpc) is 3.58. The van der Waals surface area contributed by atoms with Crippen LogP contribution in [-0.4, -0.2) is 91.7 Å². The van der Waals surface area contributed by atoms with Gasteiger partial charge in [0.1, 0.15) is 37.9 Å². The van der Waals surface area contributed by atoms with Crippen LogP contribution in [0.1, 0.15) is 28.7 Å². The van der Waals surface area contributed by atoms with Gasteiger partial charge in [-0.15, -0.1) is 5.10 Å². The average molecular weight is 492 g/mol. The summed E-state index contributed by atoms with van der Waals surface area (Å²) in [6, 6.07) is 9.41. The predicted molar refractivity (Wildman–Crippen MR) is 116 cm³/mol. The predicted octanol–water partition coefficient (Wildman–Crippen LogP) is -0.0200. The Kier molecular flexibility index (Phi) is 8.74. The number of amides is 1. The molecule has 2 saturated heterocycles. The lowest BCUT2D eigenvalue weighted by atomic mass is 10.1. The van der Waals surface area contributed by atoms with Crippen molar-refractivity contribution in [2.75, 3.05) is 46.8 Å². The molecular formula is C22H28N4O9. The number of rotatable bonds is 13. The summed E-state index contributed by atoms with van der Waals surface area (Å²) >= 11 is 0. The maximum absolute atomic E-state index is 12.1. The zero-order chi connectivity index (χ0) is 24.6. The molecule has 2 fully saturated rings. The van der Waals surface area contributed by atoms with Crippen LogP contribution in [0.25, 0.3) is 0 Å². The largest absolute Gasteiger partial charge is 0.461 e. The fraction of sp³-hybridized carbons (Fsp3) is 0.545. The highest BCUT2D eigenvalue weighted by molar-refractivity contribution is 5.88. The number of nitrogens with two attached hydrogens (primary N) is 1. The molecule has 2 aromatic rings. The molecule has 0 bridgehead atoms. The minimum atomic E-state index is -0.765. The third-order valence-corrected chi connectivity index (χ3v) is 5.34. The monoisotopic (exact) mass is 492 g/mol. The van der Waals surface area contributed by atoms with Gasteiger partial charge in [0, 0.05) is 12.7 Å². The van der Waals surface area contributed by atoms with Crippen molar-refractivity contribution in [3.8, 4) is 0 Å². The number of primary amides is 1. The summed E-state index contributed by atoms with van der Waals surface area (Å²) in [5.41, 5.74) is 6.09. The van der Waals surface area contributed by atoms with E-state index in [2.05, 4.69) is 10.1 Å². The lowest BCUT2D eigenvalue weighted by Gasteiger charge is -2.20. The second-order valence-electron chi connectivity index (χ2n) is 7.76. The second kappa shape index (κ2) is 12.2. The molecule has 0 radical (unpaired) electrons. The molecule has 0 saturated carbocycles. The molecule has 4 unspecified atom stereocenters. The van der Waals surface area contributed by atoms with E-state index in [0.29, 0.717) is 19.8 Å². The van der Waals surface area contributed by atoms with Crippen LogP contribution in [-0.2, 0) is 38.0 Å². The Hall–Kier alpha value is -2.94. The fourth-order valence-electron chi connectivity index (χ4n) is 3.69. The van der Waals surface area contributed by atoms with Crippen molar-refractivity contribution in [3.05, 3.63) is 48.0 Å². The van der Waals surface area contributed by atoms with Gasteiger partial charge in [0.2, 0.25) is 5.82 Å². The molecule has 2 aliphatic rings. The zero-order valence-electron chi connectivity index (χ0n) is 19.2. The number of fused-ring (bicyclic) bond motifs is 1.